The molecule has 0 aliphatic carbocycles. The molecule has 1 atom stereocenters. The third-order valence-corrected chi connectivity index (χ3v) is 4.14. The van der Waals surface area contributed by atoms with Crippen LogP contribution >= 0.6 is 0 Å². The molecule has 1 unspecified atom stereocenters. The summed E-state index contributed by atoms with van der Waals surface area (Å²) in [5, 5.41) is 13.5. The molecule has 0 fully saturated rings. The number of carboxylic acids is 1. The Morgan fingerprint density at radius 3 is 2.39 bits per heavy atom. The van der Waals surface area contributed by atoms with Gasteiger partial charge < -0.3 is 27.2 Å². The minimum atomic E-state index is -4.88. The van der Waals surface area contributed by atoms with Crippen molar-refractivity contribution in [2.75, 3.05) is 6.54 Å². The third-order valence-electron chi connectivity index (χ3n) is 4.14. The molecule has 2 rings (SSSR count). The van der Waals surface area contributed by atoms with Gasteiger partial charge in [0.1, 0.15) is 5.82 Å². The summed E-state index contributed by atoms with van der Waals surface area (Å²) < 4.78 is 52.6. The molecule has 13 heteroatoms. The van der Waals surface area contributed by atoms with Crippen molar-refractivity contribution in [2.24, 2.45) is 16.5 Å². The molecule has 0 radical (unpaired) electrons. The number of alkyl halides is 3. The Morgan fingerprint density at radius 1 is 1.09 bits per heavy atom. The zero-order chi connectivity index (χ0) is 24.8. The van der Waals surface area contributed by atoms with Crippen LogP contribution in [-0.2, 0) is 15.8 Å². The van der Waals surface area contributed by atoms with Gasteiger partial charge in [0, 0.05) is 5.56 Å². The van der Waals surface area contributed by atoms with Crippen molar-refractivity contribution in [3.05, 3.63) is 65.0 Å². The van der Waals surface area contributed by atoms with Crippen LogP contribution in [0.1, 0.15) is 33.9 Å². The average molecular weight is 469 g/mol. The number of aliphatic carboxylic acids is 1. The number of amides is 2. The maximum atomic E-state index is 13.7. The fourth-order valence-electron chi connectivity index (χ4n) is 2.78. The topological polar surface area (TPSA) is 160 Å². The SMILES string of the molecule is NC(N)=Nc1cccc(C(=O)NCC(=O)NC(CC(=O)O)c2cc(F)cc(C(F)(F)F)c2)c1. The lowest BCUT2D eigenvalue weighted by Gasteiger charge is -2.19. The molecule has 2 aromatic rings. The molecule has 0 saturated heterocycles. The molecule has 0 aromatic heterocycles. The van der Waals surface area contributed by atoms with Gasteiger partial charge in [-0.15, -0.1) is 0 Å². The number of benzene rings is 2. The Labute approximate surface area is 184 Å². The highest BCUT2D eigenvalue weighted by molar-refractivity contribution is 5.97. The molecule has 33 heavy (non-hydrogen) atoms. The van der Waals surface area contributed by atoms with E-state index in [-0.39, 0.29) is 23.3 Å². The molecule has 2 aromatic carbocycles. The van der Waals surface area contributed by atoms with Gasteiger partial charge in [0.05, 0.1) is 30.3 Å². The summed E-state index contributed by atoms with van der Waals surface area (Å²) in [6.07, 6.45) is -5.70. The Kier molecular flexibility index (Phi) is 7.94. The Morgan fingerprint density at radius 2 is 1.79 bits per heavy atom. The Balaban J connectivity index is 2.12. The number of carbonyl (C=O) groups excluding carboxylic acids is 2. The summed E-state index contributed by atoms with van der Waals surface area (Å²) in [4.78, 5) is 39.4. The normalized spacial score (nSPS) is 11.9. The van der Waals surface area contributed by atoms with Crippen molar-refractivity contribution in [1.82, 2.24) is 10.6 Å². The molecule has 176 valence electrons. The Hall–Kier alpha value is -4.16. The number of carboxylic acid groups (broad SMARTS) is 1. The van der Waals surface area contributed by atoms with E-state index in [1.54, 1.807) is 0 Å². The molecule has 0 spiro atoms. The molecule has 9 nitrogen and oxygen atoms in total. The maximum Gasteiger partial charge on any atom is 0.416 e. The number of aliphatic imine (C=N–C) groups is 1. The lowest BCUT2D eigenvalue weighted by atomic mass is 10.0. The van der Waals surface area contributed by atoms with Crippen molar-refractivity contribution in [2.45, 2.75) is 18.6 Å². The quantitative estimate of drug-likeness (QED) is 0.225. The summed E-state index contributed by atoms with van der Waals surface area (Å²) in [7, 11) is 0. The van der Waals surface area contributed by atoms with Crippen LogP contribution in [0, 0.1) is 5.82 Å². The second kappa shape index (κ2) is 10.4. The fourth-order valence-corrected chi connectivity index (χ4v) is 2.78. The van der Waals surface area contributed by atoms with Gasteiger partial charge in [0.15, 0.2) is 5.96 Å². The van der Waals surface area contributed by atoms with E-state index in [0.29, 0.717) is 12.1 Å². The second-order valence-electron chi connectivity index (χ2n) is 6.76. The highest BCUT2D eigenvalue weighted by atomic mass is 19.4. The molecular weight excluding hydrogens is 450 g/mol. The van der Waals surface area contributed by atoms with Gasteiger partial charge in [-0.05, 0) is 42.0 Å². The van der Waals surface area contributed by atoms with Crippen molar-refractivity contribution in [1.29, 1.82) is 0 Å². The molecule has 2 amide bonds. The molecule has 0 aliphatic heterocycles. The first-order valence-electron chi connectivity index (χ1n) is 9.22. The van der Waals surface area contributed by atoms with Crippen LogP contribution in [0.2, 0.25) is 0 Å². The van der Waals surface area contributed by atoms with Gasteiger partial charge in [-0.2, -0.15) is 13.2 Å². The summed E-state index contributed by atoms with van der Waals surface area (Å²) in [6, 6.07) is 5.77. The van der Waals surface area contributed by atoms with E-state index in [4.69, 9.17) is 16.6 Å². The standard InChI is InChI=1S/C20H19F4N5O4/c21-13-5-11(4-12(7-13)20(22,23)24)15(8-17(31)32)29-16(30)9-27-18(33)10-2-1-3-14(6-10)28-19(25)26/h1-7,15H,8-9H2,(H,27,33)(H,29,30)(H,31,32)(H4,25,26,28). The van der Waals surface area contributed by atoms with Crippen LogP contribution in [-0.4, -0.2) is 35.4 Å². The van der Waals surface area contributed by atoms with Gasteiger partial charge >= 0.3 is 12.1 Å². The van der Waals surface area contributed by atoms with Gasteiger partial charge in [-0.25, -0.2) is 9.38 Å². The van der Waals surface area contributed by atoms with Gasteiger partial charge in [0.2, 0.25) is 5.91 Å². The highest BCUT2D eigenvalue weighted by Gasteiger charge is 2.32. The summed E-state index contributed by atoms with van der Waals surface area (Å²) in [5.74, 6) is -4.54. The van der Waals surface area contributed by atoms with Crippen LogP contribution < -0.4 is 22.1 Å². The minimum absolute atomic E-state index is 0.104. The number of nitrogens with two attached hydrogens (primary N) is 2. The van der Waals surface area contributed by atoms with Crippen LogP contribution in [0.15, 0.2) is 47.5 Å². The Bertz CT molecular complexity index is 1080. The predicted octanol–water partition coefficient (Wildman–Crippen LogP) is 1.81. The second-order valence-corrected chi connectivity index (χ2v) is 6.76. The minimum Gasteiger partial charge on any atom is -0.481 e. The molecule has 0 heterocycles. The predicted molar refractivity (Wildman–Crippen MR) is 109 cm³/mol. The monoisotopic (exact) mass is 469 g/mol. The maximum absolute atomic E-state index is 13.7. The number of nitrogens with zero attached hydrogens (tertiary/aromatic N) is 1. The van der Waals surface area contributed by atoms with E-state index < -0.39 is 59.9 Å². The van der Waals surface area contributed by atoms with Crippen molar-refractivity contribution in [3.8, 4) is 0 Å². The molecule has 0 saturated carbocycles. The summed E-state index contributed by atoms with van der Waals surface area (Å²) in [5.41, 5.74) is 9.18. The van der Waals surface area contributed by atoms with Gasteiger partial charge in [-0.1, -0.05) is 6.07 Å². The average Bonchev–Trinajstić information content (AvgIpc) is 2.69. The summed E-state index contributed by atoms with van der Waals surface area (Å²) in [6.45, 7) is -0.636. The number of rotatable bonds is 8. The molecular formula is C20H19F4N5O4. The van der Waals surface area contributed by atoms with Crippen LogP contribution in [0.5, 0.6) is 0 Å². The first-order valence-corrected chi connectivity index (χ1v) is 9.22. The van der Waals surface area contributed by atoms with Crippen molar-refractivity contribution >= 4 is 29.4 Å². The fraction of sp³-hybridized carbons (Fsp3) is 0.200. The van der Waals surface area contributed by atoms with Gasteiger partial charge in [-0.3, -0.25) is 14.4 Å². The summed E-state index contributed by atoms with van der Waals surface area (Å²) >= 11 is 0. The number of guanidine groups is 1. The van der Waals surface area contributed by atoms with E-state index in [9.17, 15) is 31.9 Å². The van der Waals surface area contributed by atoms with Crippen LogP contribution in [0.3, 0.4) is 0 Å². The zero-order valence-electron chi connectivity index (χ0n) is 16.8. The number of hydrogen-bond donors (Lipinski definition) is 5. The van der Waals surface area contributed by atoms with E-state index in [2.05, 4.69) is 15.6 Å². The lowest BCUT2D eigenvalue weighted by molar-refractivity contribution is -0.138. The van der Waals surface area contributed by atoms with E-state index in [1.165, 1.54) is 24.3 Å². The van der Waals surface area contributed by atoms with Crippen molar-refractivity contribution in [3.63, 3.8) is 0 Å². The molecule has 7 N–H and O–H groups in total. The number of nitrogens with one attached hydrogen (secondary N) is 2. The highest BCUT2D eigenvalue weighted by Crippen LogP contribution is 2.32. The first kappa shape index (κ1) is 25.1. The lowest BCUT2D eigenvalue weighted by Crippen LogP contribution is -2.39. The first-order chi connectivity index (χ1) is 15.3. The third kappa shape index (κ3) is 7.79. The van der Waals surface area contributed by atoms with Gasteiger partial charge in [0.25, 0.3) is 5.91 Å². The van der Waals surface area contributed by atoms with E-state index >= 15 is 0 Å². The number of halogens is 4. The van der Waals surface area contributed by atoms with Crippen LogP contribution in [0.25, 0.3) is 0 Å². The molecule has 0 bridgehead atoms. The largest absolute Gasteiger partial charge is 0.481 e. The number of hydrogen-bond acceptors (Lipinski definition) is 4. The van der Waals surface area contributed by atoms with Crippen LogP contribution in [0.4, 0.5) is 23.2 Å². The smallest absolute Gasteiger partial charge is 0.416 e. The van der Waals surface area contributed by atoms with E-state index in [1.807, 2.05) is 0 Å². The zero-order valence-corrected chi connectivity index (χ0v) is 16.8. The van der Waals surface area contributed by atoms with E-state index in [0.717, 1.165) is 0 Å². The molecule has 0 aliphatic rings. The van der Waals surface area contributed by atoms with Crippen molar-refractivity contribution < 1.29 is 37.1 Å². The number of carbonyl (C=O) groups is 3.